The molecule has 8 nitrogen and oxygen atoms in total. The Morgan fingerprint density at radius 2 is 2.10 bits per heavy atom. The predicted octanol–water partition coefficient (Wildman–Crippen LogP) is 3.37. The molecule has 1 aromatic carbocycles. The number of hydrogen-bond acceptors (Lipinski definition) is 5. The van der Waals surface area contributed by atoms with Crippen molar-refractivity contribution in [2.45, 2.75) is 19.2 Å². The van der Waals surface area contributed by atoms with E-state index < -0.39 is 12.1 Å². The van der Waals surface area contributed by atoms with E-state index in [1.165, 1.54) is 23.1 Å². The number of aromatic nitrogens is 4. The zero-order chi connectivity index (χ0) is 21.9. The van der Waals surface area contributed by atoms with Crippen LogP contribution < -0.4 is 10.1 Å². The van der Waals surface area contributed by atoms with E-state index in [1.54, 1.807) is 0 Å². The normalized spacial score (nSPS) is 12.0. The van der Waals surface area contributed by atoms with Crippen LogP contribution in [-0.2, 0) is 0 Å². The number of H-pyrrole nitrogens is 1. The number of amides is 1. The molecule has 2 aromatic heterocycles. The zero-order valence-electron chi connectivity index (χ0n) is 16.3. The van der Waals surface area contributed by atoms with Crippen LogP contribution in [-0.4, -0.2) is 64.1 Å². The summed E-state index contributed by atoms with van der Waals surface area (Å²) in [6.07, 6.45) is -0.193. The Morgan fingerprint density at radius 3 is 2.80 bits per heavy atom. The number of carbonyl (C=O) groups is 1. The van der Waals surface area contributed by atoms with Crippen molar-refractivity contribution >= 4 is 28.5 Å². The minimum absolute atomic E-state index is 0.205. The van der Waals surface area contributed by atoms with Gasteiger partial charge in [-0.25, -0.2) is 9.67 Å². The molecule has 30 heavy (non-hydrogen) atoms. The fourth-order valence-electron chi connectivity index (χ4n) is 2.72. The second kappa shape index (κ2) is 8.92. The fourth-order valence-corrected chi connectivity index (χ4v) is 2.92. The van der Waals surface area contributed by atoms with Crippen molar-refractivity contribution < 1.29 is 22.7 Å². The fraction of sp³-hybridized carbons (Fsp3) is 0.389. The van der Waals surface area contributed by atoms with Crippen molar-refractivity contribution in [3.8, 4) is 11.7 Å². The number of unbranched alkanes of at least 4 members (excludes halogenated alkanes) is 1. The summed E-state index contributed by atoms with van der Waals surface area (Å²) in [5.41, 5.74) is 0.935. The lowest BCUT2D eigenvalue weighted by Gasteiger charge is -2.09. The van der Waals surface area contributed by atoms with Crippen molar-refractivity contribution in [1.82, 2.24) is 30.0 Å². The van der Waals surface area contributed by atoms with Crippen LogP contribution in [0.5, 0.6) is 5.75 Å². The first-order chi connectivity index (χ1) is 14.1. The van der Waals surface area contributed by atoms with Gasteiger partial charge in [-0.2, -0.15) is 5.10 Å². The third-order valence-corrected chi connectivity index (χ3v) is 4.42. The molecule has 1 amide bonds. The van der Waals surface area contributed by atoms with Crippen LogP contribution in [0.4, 0.5) is 13.2 Å². The lowest BCUT2D eigenvalue weighted by Crippen LogP contribution is -2.25. The van der Waals surface area contributed by atoms with Crippen molar-refractivity contribution in [2.75, 3.05) is 27.2 Å². The molecule has 0 bridgehead atoms. The van der Waals surface area contributed by atoms with E-state index in [1.807, 2.05) is 14.1 Å². The quantitative estimate of drug-likeness (QED) is 0.520. The zero-order valence-corrected chi connectivity index (χ0v) is 17.0. The van der Waals surface area contributed by atoms with Gasteiger partial charge in [0.2, 0.25) is 5.95 Å². The molecule has 2 N–H and O–H groups in total. The van der Waals surface area contributed by atoms with E-state index in [-0.39, 0.29) is 22.4 Å². The first-order valence-corrected chi connectivity index (χ1v) is 9.43. The summed E-state index contributed by atoms with van der Waals surface area (Å²) in [7, 11) is 3.98. The summed E-state index contributed by atoms with van der Waals surface area (Å²) in [5.74, 6) is -0.606. The number of benzene rings is 1. The minimum Gasteiger partial charge on any atom is -0.404 e. The summed E-state index contributed by atoms with van der Waals surface area (Å²) >= 11 is 5.85. The number of carbonyl (C=O) groups excluding carboxylic acids is 1. The highest BCUT2D eigenvalue weighted by Gasteiger charge is 2.32. The maximum Gasteiger partial charge on any atom is 0.573 e. The second-order valence-corrected chi connectivity index (χ2v) is 7.26. The second-order valence-electron chi connectivity index (χ2n) is 6.85. The molecular weight excluding hydrogens is 425 g/mol. The predicted molar refractivity (Wildman–Crippen MR) is 105 cm³/mol. The highest BCUT2D eigenvalue weighted by Crippen LogP contribution is 2.33. The molecule has 12 heteroatoms. The van der Waals surface area contributed by atoms with E-state index in [4.69, 9.17) is 11.6 Å². The number of aromatic amines is 1. The van der Waals surface area contributed by atoms with Gasteiger partial charge < -0.3 is 19.9 Å². The van der Waals surface area contributed by atoms with Crippen molar-refractivity contribution in [3.05, 3.63) is 35.1 Å². The van der Waals surface area contributed by atoms with Gasteiger partial charge in [-0.05, 0) is 39.5 Å². The number of nitrogens with one attached hydrogen (secondary N) is 2. The number of rotatable bonds is 8. The number of fused-ring (bicyclic) bond motifs is 1. The molecule has 0 saturated heterocycles. The van der Waals surface area contributed by atoms with Crippen molar-refractivity contribution in [1.29, 1.82) is 0 Å². The average Bonchev–Trinajstić information content (AvgIpc) is 3.27. The van der Waals surface area contributed by atoms with Crippen LogP contribution >= 0.6 is 11.6 Å². The first kappa shape index (κ1) is 21.9. The molecule has 162 valence electrons. The van der Waals surface area contributed by atoms with E-state index in [0.29, 0.717) is 17.6 Å². The summed E-state index contributed by atoms with van der Waals surface area (Å²) < 4.78 is 42.6. The lowest BCUT2D eigenvalue weighted by molar-refractivity contribution is -0.274. The SMILES string of the molecule is CN(C)CCCCNC(=O)c1cnn(-c2nc3cc(OC(F)(F)F)c(Cl)cc3[nH]2)c1. The molecule has 3 rings (SSSR count). The monoisotopic (exact) mass is 444 g/mol. The molecule has 0 aliphatic carbocycles. The van der Waals surface area contributed by atoms with Crippen LogP contribution in [0, 0.1) is 0 Å². The molecule has 0 radical (unpaired) electrons. The summed E-state index contributed by atoms with van der Waals surface area (Å²) in [6, 6.07) is 2.36. The Hall–Kier alpha value is -2.79. The Balaban J connectivity index is 1.69. The Bertz CT molecular complexity index is 1030. The molecule has 0 atom stereocenters. The minimum atomic E-state index is -4.87. The topological polar surface area (TPSA) is 88.1 Å². The van der Waals surface area contributed by atoms with Crippen LogP contribution in [0.1, 0.15) is 23.2 Å². The third-order valence-electron chi connectivity index (χ3n) is 4.13. The Labute approximate surface area is 175 Å². The smallest absolute Gasteiger partial charge is 0.404 e. The molecule has 0 fully saturated rings. The maximum absolute atomic E-state index is 12.5. The van der Waals surface area contributed by atoms with E-state index >= 15 is 0 Å². The van der Waals surface area contributed by atoms with Gasteiger partial charge in [-0.3, -0.25) is 4.79 Å². The van der Waals surface area contributed by atoms with Crippen LogP contribution in [0.3, 0.4) is 0 Å². The number of nitrogens with zero attached hydrogens (tertiary/aromatic N) is 4. The molecule has 0 aliphatic heterocycles. The van der Waals surface area contributed by atoms with Gasteiger partial charge in [0.1, 0.15) is 5.75 Å². The van der Waals surface area contributed by atoms with Gasteiger partial charge in [-0.1, -0.05) is 11.6 Å². The molecule has 0 spiro atoms. The van der Waals surface area contributed by atoms with Crippen LogP contribution in [0.15, 0.2) is 24.5 Å². The van der Waals surface area contributed by atoms with E-state index in [9.17, 15) is 18.0 Å². The number of hydrogen-bond donors (Lipinski definition) is 2. The number of imidazole rings is 1. The molecule has 0 saturated carbocycles. The van der Waals surface area contributed by atoms with Gasteiger partial charge in [-0.15, -0.1) is 13.2 Å². The van der Waals surface area contributed by atoms with Gasteiger partial charge in [0.25, 0.3) is 5.91 Å². The standard InChI is InChI=1S/C18H20ClF3N6O2/c1-27(2)6-4-3-5-23-16(29)11-9-24-28(10-11)17-25-13-7-12(19)15(8-14(13)26-17)30-18(20,21)22/h7-10H,3-6H2,1-2H3,(H,23,29)(H,25,26). The number of halogens is 4. The molecule has 0 unspecified atom stereocenters. The maximum atomic E-state index is 12.5. The molecular formula is C18H20ClF3N6O2. The van der Waals surface area contributed by atoms with Gasteiger partial charge in [0.05, 0.1) is 27.8 Å². The number of ether oxygens (including phenoxy) is 1. The van der Waals surface area contributed by atoms with Crippen molar-refractivity contribution in [2.24, 2.45) is 0 Å². The van der Waals surface area contributed by atoms with Gasteiger partial charge >= 0.3 is 6.36 Å². The van der Waals surface area contributed by atoms with Crippen LogP contribution in [0.25, 0.3) is 17.0 Å². The highest BCUT2D eigenvalue weighted by molar-refractivity contribution is 6.32. The average molecular weight is 445 g/mol. The Kier molecular flexibility index (Phi) is 6.52. The first-order valence-electron chi connectivity index (χ1n) is 9.05. The Morgan fingerprint density at radius 1 is 1.33 bits per heavy atom. The molecule has 2 heterocycles. The van der Waals surface area contributed by atoms with Crippen LogP contribution in [0.2, 0.25) is 5.02 Å². The van der Waals surface area contributed by atoms with Gasteiger partial charge in [0.15, 0.2) is 0 Å². The van der Waals surface area contributed by atoms with Crippen molar-refractivity contribution in [3.63, 3.8) is 0 Å². The molecule has 3 aromatic rings. The summed E-state index contributed by atoms with van der Waals surface area (Å²) in [6.45, 7) is 1.49. The highest BCUT2D eigenvalue weighted by atomic mass is 35.5. The largest absolute Gasteiger partial charge is 0.573 e. The van der Waals surface area contributed by atoms with Gasteiger partial charge in [0, 0.05) is 18.8 Å². The molecule has 0 aliphatic rings. The lowest BCUT2D eigenvalue weighted by atomic mass is 10.3. The third kappa shape index (κ3) is 5.63. The summed E-state index contributed by atoms with van der Waals surface area (Å²) in [5, 5.41) is 6.69. The summed E-state index contributed by atoms with van der Waals surface area (Å²) in [4.78, 5) is 21.4. The van der Waals surface area contributed by atoms with E-state index in [0.717, 1.165) is 25.5 Å². The van der Waals surface area contributed by atoms with E-state index in [2.05, 4.69) is 30.0 Å². The number of alkyl halides is 3.